The molecule has 5 bridgehead atoms. The molecule has 1 amide bonds. The van der Waals surface area contributed by atoms with E-state index in [9.17, 15) is 34.5 Å². The predicted octanol–water partition coefficient (Wildman–Crippen LogP) is 3.29. The summed E-state index contributed by atoms with van der Waals surface area (Å²) in [6.07, 6.45) is 5.20. The molecule has 0 aromatic heterocycles. The van der Waals surface area contributed by atoms with Gasteiger partial charge in [0.2, 0.25) is 5.78 Å². The third-order valence-electron chi connectivity index (χ3n) is 12.5. The van der Waals surface area contributed by atoms with Gasteiger partial charge in [0.25, 0.3) is 11.7 Å². The molecule has 1 fully saturated rings. The van der Waals surface area contributed by atoms with Gasteiger partial charge in [-0.05, 0) is 45.9 Å². The number of nitrogens with zero attached hydrogens (tertiary/aromatic N) is 1. The van der Waals surface area contributed by atoms with Gasteiger partial charge in [-0.1, -0.05) is 45.9 Å². The van der Waals surface area contributed by atoms with Crippen molar-refractivity contribution in [2.24, 2.45) is 28.7 Å². The summed E-state index contributed by atoms with van der Waals surface area (Å²) < 4.78 is 23.9. The molecule has 9 atom stereocenters. The smallest absolute Gasteiger partial charge is 0.312 e. The maximum absolute atomic E-state index is 14.6. The first-order chi connectivity index (χ1) is 27.4. The number of piperidine rings is 1. The highest BCUT2D eigenvalue weighted by Crippen LogP contribution is 2.49. The zero-order valence-electron chi connectivity index (χ0n) is 34.6. The lowest BCUT2D eigenvalue weighted by Gasteiger charge is -2.41. The zero-order valence-corrected chi connectivity index (χ0v) is 34.6. The van der Waals surface area contributed by atoms with Gasteiger partial charge < -0.3 is 50.2 Å². The molecule has 1 aliphatic carbocycles. The number of carbonyl (C=O) groups is 4. The lowest BCUT2D eigenvalue weighted by Crippen LogP contribution is -2.53. The second-order valence-corrected chi connectivity index (χ2v) is 16.5. The Morgan fingerprint density at radius 1 is 0.948 bits per heavy atom. The van der Waals surface area contributed by atoms with Gasteiger partial charge in [-0.25, -0.2) is 0 Å². The summed E-state index contributed by atoms with van der Waals surface area (Å²) in [6.45, 7) is 14.6. The Hall–Kier alpha value is -4.83. The standard InChI is InChI=1S/C43H56N4O11/c1-20-11-10-12-21(2)41(54)46-33-32-31(47-43(19-45-32)14-16-44-17-15-43)28-29(37(33)52)36(51)25(6)39-30(28)40(53)42(8,58-39)56-18-13-27(55-9)22(3)38(57-26(7)48)24(5)35(50)23(4)34(20)49/h10-13,18,20,22-24,27,34-35,38,44-45,49-51H,14-17,19H2,1-9H3,(H,46,54)/b11-10+,18-13+,21-12-/t20-,22+,23+,24+,27-,34-,35+,38+,42-/m0/s1. The minimum atomic E-state index is -1.96. The van der Waals surface area contributed by atoms with Gasteiger partial charge >= 0.3 is 11.8 Å². The van der Waals surface area contributed by atoms with E-state index in [4.69, 9.17) is 23.9 Å². The normalized spacial score (nSPS) is 34.7. The number of hydrogen-bond donors (Lipinski definition) is 6. The lowest BCUT2D eigenvalue weighted by molar-refractivity contribution is -0.160. The lowest BCUT2D eigenvalue weighted by atomic mass is 9.78. The van der Waals surface area contributed by atoms with Gasteiger partial charge in [0, 0.05) is 67.9 Å². The van der Waals surface area contributed by atoms with Crippen molar-refractivity contribution in [1.82, 2.24) is 16.0 Å². The van der Waals surface area contributed by atoms with Crippen molar-refractivity contribution in [3.05, 3.63) is 69.8 Å². The van der Waals surface area contributed by atoms with Crippen LogP contribution < -0.4 is 20.7 Å². The van der Waals surface area contributed by atoms with E-state index in [0.717, 1.165) is 0 Å². The van der Waals surface area contributed by atoms with Gasteiger partial charge in [0.15, 0.2) is 0 Å². The largest absolute Gasteiger partial charge is 0.507 e. The molecule has 314 valence electrons. The van der Waals surface area contributed by atoms with Crippen LogP contribution in [0.1, 0.15) is 93.2 Å². The first-order valence-electron chi connectivity index (χ1n) is 19.9. The molecule has 1 saturated heterocycles. The van der Waals surface area contributed by atoms with E-state index >= 15 is 0 Å². The monoisotopic (exact) mass is 804 g/mol. The molecule has 5 aliphatic rings. The number of hydrogen-bond acceptors (Lipinski definition) is 14. The first kappa shape index (κ1) is 42.8. The number of methoxy groups -OCH3 is 1. The van der Waals surface area contributed by atoms with Gasteiger partial charge in [-0.3, -0.25) is 24.2 Å². The van der Waals surface area contributed by atoms with Crippen LogP contribution in [0.5, 0.6) is 11.5 Å². The molecule has 1 aromatic carbocycles. The van der Waals surface area contributed by atoms with Crippen LogP contribution in [0.2, 0.25) is 0 Å². The molecule has 4 heterocycles. The Labute approximate surface area is 338 Å². The highest BCUT2D eigenvalue weighted by Gasteiger charge is 2.53. The number of allylic oxidation sites excluding steroid dienone is 4. The van der Waals surface area contributed by atoms with Crippen molar-refractivity contribution in [2.75, 3.05) is 26.7 Å². The number of nitrogens with one attached hydrogen (secondary N) is 3. The van der Waals surface area contributed by atoms with Gasteiger partial charge in [0.05, 0.1) is 52.6 Å². The zero-order chi connectivity index (χ0) is 42.4. The number of aliphatic imine (C=N–C) groups is 1. The molecule has 1 aromatic rings. The molecular formula is C43H56N4O11. The number of aliphatic hydroxyl groups excluding tert-OH is 2. The fourth-order valence-electron chi connectivity index (χ4n) is 8.70. The molecule has 0 radical (unpaired) electrons. The molecule has 6 rings (SSSR count). The fourth-order valence-corrected chi connectivity index (χ4v) is 8.70. The van der Waals surface area contributed by atoms with Crippen LogP contribution in [0.25, 0.3) is 0 Å². The summed E-state index contributed by atoms with van der Waals surface area (Å²) in [5.41, 5.74) is 0.0195. The number of amides is 1. The van der Waals surface area contributed by atoms with Crippen molar-refractivity contribution in [3.8, 4) is 11.5 Å². The Morgan fingerprint density at radius 2 is 1.64 bits per heavy atom. The number of fused-ring (bicyclic) bond motifs is 3. The molecule has 0 saturated carbocycles. The number of rotatable bonds is 2. The van der Waals surface area contributed by atoms with Crippen molar-refractivity contribution in [1.29, 1.82) is 0 Å². The minimum Gasteiger partial charge on any atom is -0.507 e. The van der Waals surface area contributed by atoms with Crippen LogP contribution in [0, 0.1) is 30.6 Å². The number of ketones is 2. The Kier molecular flexibility index (Phi) is 12.1. The van der Waals surface area contributed by atoms with E-state index in [0.29, 0.717) is 32.5 Å². The second-order valence-electron chi connectivity index (χ2n) is 16.5. The van der Waals surface area contributed by atoms with E-state index < -0.39 is 88.6 Å². The number of Topliss-reactive ketones (excluding diaryl/α,β-unsaturated/α-hetero) is 2. The third kappa shape index (κ3) is 7.60. The van der Waals surface area contributed by atoms with Crippen LogP contribution in [0.4, 0.5) is 0 Å². The van der Waals surface area contributed by atoms with Crippen molar-refractivity contribution in [3.63, 3.8) is 0 Å². The maximum Gasteiger partial charge on any atom is 0.312 e. The molecule has 6 N–H and O–H groups in total. The van der Waals surface area contributed by atoms with Crippen LogP contribution in [0.15, 0.2) is 52.5 Å². The van der Waals surface area contributed by atoms with E-state index in [1.807, 2.05) is 0 Å². The molecular weight excluding hydrogens is 748 g/mol. The Morgan fingerprint density at radius 3 is 2.29 bits per heavy atom. The van der Waals surface area contributed by atoms with Gasteiger partial charge in [-0.15, -0.1) is 0 Å². The van der Waals surface area contributed by atoms with Crippen LogP contribution in [0.3, 0.4) is 0 Å². The van der Waals surface area contributed by atoms with E-state index in [1.54, 1.807) is 58.9 Å². The summed E-state index contributed by atoms with van der Waals surface area (Å²) in [6, 6.07) is 0. The summed E-state index contributed by atoms with van der Waals surface area (Å²) in [5, 5.41) is 44.1. The highest BCUT2D eigenvalue weighted by molar-refractivity contribution is 6.34. The van der Waals surface area contributed by atoms with Crippen molar-refractivity contribution < 1.29 is 53.4 Å². The number of esters is 1. The summed E-state index contributed by atoms with van der Waals surface area (Å²) in [5.74, 6) is -7.25. The Bertz CT molecular complexity index is 2030. The number of phenolic OH excluding ortho intramolecular Hbond substituents is 1. The topological polar surface area (TPSA) is 214 Å². The Balaban J connectivity index is 1.51. The van der Waals surface area contributed by atoms with Gasteiger partial charge in [0.1, 0.15) is 23.3 Å². The van der Waals surface area contributed by atoms with E-state index in [2.05, 4.69) is 16.0 Å². The van der Waals surface area contributed by atoms with Crippen LogP contribution in [-0.2, 0) is 23.8 Å². The number of aliphatic hydroxyl groups is 2. The SMILES string of the molecule is CO[C@H]1/C=C/O[C@@]2(C)Oc3c(C)c(O)c4c(c3C2=O)C2=NC3(CCNCC3)CNC2=C(NC(=O)/C(C)=C\C=C\[C@H](C)[C@H](O)[C@@H](C)[C@@H](O)[C@@H](C)[C@H](OC(C)=O)[C@@H]1C)C4=O. The quantitative estimate of drug-likeness (QED) is 0.237. The number of aromatic hydroxyl groups is 1. The van der Waals surface area contributed by atoms with Crippen LogP contribution >= 0.6 is 0 Å². The van der Waals surface area contributed by atoms with Crippen molar-refractivity contribution in [2.45, 2.75) is 104 Å². The number of carbonyl (C=O) groups excluding carboxylic acids is 4. The molecule has 15 heteroatoms. The molecule has 1 spiro atoms. The van der Waals surface area contributed by atoms with E-state index in [1.165, 1.54) is 34.1 Å². The number of benzene rings is 1. The van der Waals surface area contributed by atoms with Gasteiger partial charge in [-0.2, -0.15) is 0 Å². The fraction of sp³-hybridized carbons (Fsp3) is 0.558. The molecule has 58 heavy (non-hydrogen) atoms. The second kappa shape index (κ2) is 16.4. The number of ether oxygens (including phenoxy) is 4. The molecule has 15 nitrogen and oxygen atoms in total. The predicted molar refractivity (Wildman–Crippen MR) is 213 cm³/mol. The van der Waals surface area contributed by atoms with Crippen molar-refractivity contribution >= 4 is 29.2 Å². The number of phenols is 1. The van der Waals surface area contributed by atoms with Crippen LogP contribution in [-0.4, -0.2) is 107 Å². The molecule has 0 unspecified atom stereocenters. The summed E-state index contributed by atoms with van der Waals surface area (Å²) in [4.78, 5) is 60.5. The van der Waals surface area contributed by atoms with E-state index in [-0.39, 0.29) is 50.7 Å². The highest BCUT2D eigenvalue weighted by atomic mass is 16.7. The first-order valence-corrected chi connectivity index (χ1v) is 19.9. The average Bonchev–Trinajstić information content (AvgIpc) is 3.46. The summed E-state index contributed by atoms with van der Waals surface area (Å²) >= 11 is 0. The molecule has 4 aliphatic heterocycles. The maximum atomic E-state index is 14.6. The minimum absolute atomic E-state index is 0.0134. The summed E-state index contributed by atoms with van der Waals surface area (Å²) in [7, 11) is 1.46. The average molecular weight is 805 g/mol. The third-order valence-corrected chi connectivity index (χ3v) is 12.5.